The van der Waals surface area contributed by atoms with Gasteiger partial charge in [0, 0.05) is 11.3 Å². The van der Waals surface area contributed by atoms with Gasteiger partial charge in [0.2, 0.25) is 0 Å². The summed E-state index contributed by atoms with van der Waals surface area (Å²) in [4.78, 5) is 23.4. The molecule has 0 aliphatic heterocycles. The summed E-state index contributed by atoms with van der Waals surface area (Å²) < 4.78 is 0. The van der Waals surface area contributed by atoms with E-state index in [-0.39, 0.29) is 11.5 Å². The average Bonchev–Trinajstić information content (AvgIpc) is 2.43. The molecule has 0 aliphatic carbocycles. The third-order valence-corrected chi connectivity index (χ3v) is 3.58. The number of nitrogens with one attached hydrogen (secondary N) is 1. The molecule has 0 saturated heterocycles. The van der Waals surface area contributed by atoms with E-state index in [0.717, 1.165) is 11.1 Å². The molecule has 0 atom stereocenters. The van der Waals surface area contributed by atoms with Gasteiger partial charge in [0.15, 0.2) is 0 Å². The van der Waals surface area contributed by atoms with Crippen LogP contribution in [-0.2, 0) is 0 Å². The average molecular weight is 283 g/mol. The zero-order valence-electron chi connectivity index (χ0n) is 12.2. The van der Waals surface area contributed by atoms with Gasteiger partial charge in [-0.3, -0.25) is 4.79 Å². The molecule has 0 spiro atoms. The third-order valence-electron chi connectivity index (χ3n) is 3.58. The van der Waals surface area contributed by atoms with Crippen LogP contribution in [0.1, 0.15) is 37.4 Å². The van der Waals surface area contributed by atoms with E-state index in [1.807, 2.05) is 26.0 Å². The highest BCUT2D eigenvalue weighted by Gasteiger charge is 2.13. The van der Waals surface area contributed by atoms with Crippen LogP contribution < -0.4 is 5.32 Å². The van der Waals surface area contributed by atoms with Crippen LogP contribution in [0.15, 0.2) is 36.4 Å². The molecule has 0 fully saturated rings. The van der Waals surface area contributed by atoms with E-state index >= 15 is 0 Å². The van der Waals surface area contributed by atoms with E-state index in [2.05, 4.69) is 5.32 Å². The summed E-state index contributed by atoms with van der Waals surface area (Å²) in [7, 11) is 0. The first-order valence-corrected chi connectivity index (χ1v) is 6.61. The van der Waals surface area contributed by atoms with Gasteiger partial charge in [-0.05, 0) is 61.7 Å². The number of aryl methyl sites for hydroxylation is 2. The monoisotopic (exact) mass is 283 g/mol. The highest BCUT2D eigenvalue weighted by molar-refractivity contribution is 6.05. The fourth-order valence-electron chi connectivity index (χ4n) is 2.08. The molecule has 4 nitrogen and oxygen atoms in total. The van der Waals surface area contributed by atoms with Gasteiger partial charge in [0.1, 0.15) is 0 Å². The predicted molar refractivity (Wildman–Crippen MR) is 82.0 cm³/mol. The molecule has 0 saturated carbocycles. The molecule has 4 heteroatoms. The number of hydrogen-bond donors (Lipinski definition) is 2. The molecule has 1 amide bonds. The molecular formula is C17H17NO3. The minimum atomic E-state index is -1.00. The largest absolute Gasteiger partial charge is 0.478 e. The van der Waals surface area contributed by atoms with Gasteiger partial charge in [-0.1, -0.05) is 12.1 Å². The molecular weight excluding hydrogens is 266 g/mol. The van der Waals surface area contributed by atoms with Crippen molar-refractivity contribution in [3.05, 3.63) is 64.2 Å². The van der Waals surface area contributed by atoms with Crippen LogP contribution in [0.2, 0.25) is 0 Å². The van der Waals surface area contributed by atoms with E-state index in [4.69, 9.17) is 5.11 Å². The quantitative estimate of drug-likeness (QED) is 0.905. The van der Waals surface area contributed by atoms with Crippen molar-refractivity contribution in [1.82, 2.24) is 0 Å². The van der Waals surface area contributed by atoms with Crippen LogP contribution in [0.25, 0.3) is 0 Å². The fourth-order valence-corrected chi connectivity index (χ4v) is 2.08. The number of rotatable bonds is 3. The summed E-state index contributed by atoms with van der Waals surface area (Å²) in [6.45, 7) is 5.61. The minimum absolute atomic E-state index is 0.188. The molecule has 2 aromatic carbocycles. The number of carbonyl (C=O) groups excluding carboxylic acids is 1. The third kappa shape index (κ3) is 3.11. The van der Waals surface area contributed by atoms with Crippen molar-refractivity contribution in [2.24, 2.45) is 0 Å². The van der Waals surface area contributed by atoms with Crippen LogP contribution in [0.4, 0.5) is 5.69 Å². The Hall–Kier alpha value is -2.62. The van der Waals surface area contributed by atoms with Gasteiger partial charge in [-0.15, -0.1) is 0 Å². The normalized spacial score (nSPS) is 10.2. The summed E-state index contributed by atoms with van der Waals surface area (Å²) in [5, 5.41) is 11.9. The topological polar surface area (TPSA) is 66.4 Å². The van der Waals surface area contributed by atoms with Crippen molar-refractivity contribution in [1.29, 1.82) is 0 Å². The molecule has 0 radical (unpaired) electrons. The molecule has 0 bridgehead atoms. The van der Waals surface area contributed by atoms with Gasteiger partial charge in [0.25, 0.3) is 5.91 Å². The Morgan fingerprint density at radius 3 is 2.33 bits per heavy atom. The van der Waals surface area contributed by atoms with Crippen LogP contribution in [0.5, 0.6) is 0 Å². The number of carboxylic acid groups (broad SMARTS) is 1. The van der Waals surface area contributed by atoms with E-state index in [1.54, 1.807) is 25.1 Å². The Bertz CT molecular complexity index is 720. The zero-order chi connectivity index (χ0) is 15.6. The maximum Gasteiger partial charge on any atom is 0.336 e. The summed E-state index contributed by atoms with van der Waals surface area (Å²) in [6.07, 6.45) is 0. The standard InChI is InChI=1S/C17H17NO3/c1-10-7-8-13(9-11(10)2)16(19)18-15-6-4-5-14(12(15)3)17(20)21/h4-9H,1-3H3,(H,18,19)(H,20,21). The first kappa shape index (κ1) is 14.8. The van der Waals surface area contributed by atoms with E-state index in [9.17, 15) is 9.59 Å². The van der Waals surface area contributed by atoms with Gasteiger partial charge < -0.3 is 10.4 Å². The van der Waals surface area contributed by atoms with Crippen LogP contribution >= 0.6 is 0 Å². The number of anilines is 1. The van der Waals surface area contributed by atoms with Crippen LogP contribution in [0.3, 0.4) is 0 Å². The van der Waals surface area contributed by atoms with Crippen LogP contribution in [0, 0.1) is 20.8 Å². The van der Waals surface area contributed by atoms with Crippen molar-refractivity contribution in [3.63, 3.8) is 0 Å². The highest BCUT2D eigenvalue weighted by atomic mass is 16.4. The lowest BCUT2D eigenvalue weighted by atomic mass is 10.0. The summed E-state index contributed by atoms with van der Waals surface area (Å²) in [5.41, 5.74) is 3.96. The first-order valence-electron chi connectivity index (χ1n) is 6.61. The van der Waals surface area contributed by atoms with Crippen molar-refractivity contribution in [2.75, 3.05) is 5.32 Å². The smallest absolute Gasteiger partial charge is 0.336 e. The van der Waals surface area contributed by atoms with Crippen molar-refractivity contribution < 1.29 is 14.7 Å². The molecule has 0 aliphatic rings. The van der Waals surface area contributed by atoms with Crippen LogP contribution in [-0.4, -0.2) is 17.0 Å². The Balaban J connectivity index is 2.29. The number of aromatic carboxylic acids is 1. The summed E-state index contributed by atoms with van der Waals surface area (Å²) in [5.74, 6) is -1.25. The SMILES string of the molecule is Cc1ccc(C(=O)Nc2cccc(C(=O)O)c2C)cc1C. The lowest BCUT2D eigenvalue weighted by Crippen LogP contribution is -2.14. The Morgan fingerprint density at radius 2 is 1.71 bits per heavy atom. The zero-order valence-corrected chi connectivity index (χ0v) is 12.2. The van der Waals surface area contributed by atoms with Gasteiger partial charge in [0.05, 0.1) is 5.56 Å². The molecule has 108 valence electrons. The molecule has 2 aromatic rings. The maximum atomic E-state index is 12.3. The lowest BCUT2D eigenvalue weighted by molar-refractivity contribution is 0.0695. The number of carboxylic acids is 1. The minimum Gasteiger partial charge on any atom is -0.478 e. The van der Waals surface area contributed by atoms with E-state index < -0.39 is 5.97 Å². The van der Waals surface area contributed by atoms with E-state index in [1.165, 1.54) is 6.07 Å². The van der Waals surface area contributed by atoms with Crippen molar-refractivity contribution >= 4 is 17.6 Å². The van der Waals surface area contributed by atoms with Gasteiger partial charge in [-0.25, -0.2) is 4.79 Å². The fraction of sp³-hybridized carbons (Fsp3) is 0.176. The van der Waals surface area contributed by atoms with Crippen molar-refractivity contribution in [2.45, 2.75) is 20.8 Å². The summed E-state index contributed by atoms with van der Waals surface area (Å²) >= 11 is 0. The predicted octanol–water partition coefficient (Wildman–Crippen LogP) is 3.56. The van der Waals surface area contributed by atoms with Gasteiger partial charge >= 0.3 is 5.97 Å². The second-order valence-corrected chi connectivity index (χ2v) is 5.04. The maximum absolute atomic E-state index is 12.3. The Kier molecular flexibility index (Phi) is 4.08. The molecule has 2 rings (SSSR count). The Morgan fingerprint density at radius 1 is 1.00 bits per heavy atom. The second kappa shape index (κ2) is 5.79. The number of benzene rings is 2. The lowest BCUT2D eigenvalue weighted by Gasteiger charge is -2.11. The number of amides is 1. The molecule has 2 N–H and O–H groups in total. The van der Waals surface area contributed by atoms with Crippen molar-refractivity contribution in [3.8, 4) is 0 Å². The first-order chi connectivity index (χ1) is 9.90. The number of hydrogen-bond acceptors (Lipinski definition) is 2. The molecule has 0 heterocycles. The van der Waals surface area contributed by atoms with Gasteiger partial charge in [-0.2, -0.15) is 0 Å². The second-order valence-electron chi connectivity index (χ2n) is 5.04. The number of carbonyl (C=O) groups is 2. The van der Waals surface area contributed by atoms with E-state index in [0.29, 0.717) is 16.8 Å². The summed E-state index contributed by atoms with van der Waals surface area (Å²) in [6, 6.07) is 10.3. The Labute approximate surface area is 123 Å². The highest BCUT2D eigenvalue weighted by Crippen LogP contribution is 2.20. The molecule has 0 aromatic heterocycles. The molecule has 21 heavy (non-hydrogen) atoms. The molecule has 0 unspecified atom stereocenters.